The fourth-order valence-corrected chi connectivity index (χ4v) is 8.62. The van der Waals surface area contributed by atoms with Gasteiger partial charge in [-0.3, -0.25) is 0 Å². The number of benzene rings is 6. The maximum absolute atomic E-state index is 2.41. The maximum Gasteiger partial charge on any atom is 0.0541 e. The van der Waals surface area contributed by atoms with E-state index in [1.165, 1.54) is 64.9 Å². The van der Waals surface area contributed by atoms with Gasteiger partial charge in [0.2, 0.25) is 0 Å². The molecule has 2 heterocycles. The highest BCUT2D eigenvalue weighted by Crippen LogP contribution is 2.55. The van der Waals surface area contributed by atoms with E-state index in [0.29, 0.717) is 0 Å². The summed E-state index contributed by atoms with van der Waals surface area (Å²) >= 11 is 0. The van der Waals surface area contributed by atoms with Crippen molar-refractivity contribution in [2.45, 2.75) is 0 Å². The van der Waals surface area contributed by atoms with Crippen LogP contribution < -0.4 is 0 Å². The smallest absolute Gasteiger partial charge is 0.0541 e. The van der Waals surface area contributed by atoms with Crippen molar-refractivity contribution in [2.24, 2.45) is 0 Å². The molecule has 0 saturated carbocycles. The first kappa shape index (κ1) is 21.5. The van der Waals surface area contributed by atoms with Crippen molar-refractivity contribution in [1.82, 2.24) is 4.57 Å². The topological polar surface area (TPSA) is 4.93 Å². The molecular weight excluding hydrogens is 477 g/mol. The van der Waals surface area contributed by atoms with E-state index >= 15 is 0 Å². The first-order valence-corrected chi connectivity index (χ1v) is 14.4. The molecular formula is C36H24NP. The first-order valence-electron chi connectivity index (χ1n) is 13.0. The predicted molar refractivity (Wildman–Crippen MR) is 165 cm³/mol. The van der Waals surface area contributed by atoms with Gasteiger partial charge in [0, 0.05) is 26.7 Å². The third-order valence-electron chi connectivity index (χ3n) is 7.71. The van der Waals surface area contributed by atoms with Crippen LogP contribution in [0.15, 0.2) is 146 Å². The van der Waals surface area contributed by atoms with Gasteiger partial charge in [-0.15, -0.1) is 0 Å². The molecule has 38 heavy (non-hydrogen) atoms. The van der Waals surface area contributed by atoms with Crippen LogP contribution in [0, 0.1) is 0 Å². The third kappa shape index (κ3) is 3.19. The lowest BCUT2D eigenvalue weighted by Crippen LogP contribution is -1.92. The molecule has 0 aliphatic rings. The van der Waals surface area contributed by atoms with Crippen LogP contribution in [-0.4, -0.2) is 4.57 Å². The van der Waals surface area contributed by atoms with Crippen LogP contribution in [0.25, 0.3) is 64.9 Å². The number of rotatable bonds is 3. The number of hydrogen-bond acceptors (Lipinski definition) is 0. The highest BCUT2D eigenvalue weighted by molar-refractivity contribution is 7.67. The molecule has 0 saturated heterocycles. The molecule has 0 N–H and O–H groups in total. The molecule has 0 fully saturated rings. The second kappa shape index (κ2) is 8.48. The van der Waals surface area contributed by atoms with Gasteiger partial charge in [0.15, 0.2) is 0 Å². The average molecular weight is 502 g/mol. The van der Waals surface area contributed by atoms with E-state index < -0.39 is 7.53 Å². The Balaban J connectivity index is 1.36. The minimum Gasteiger partial charge on any atom is -0.309 e. The van der Waals surface area contributed by atoms with Crippen molar-refractivity contribution < 1.29 is 0 Å². The number of fused-ring (bicyclic) bond motifs is 6. The van der Waals surface area contributed by atoms with E-state index in [2.05, 4.69) is 150 Å². The molecule has 1 nitrogen and oxygen atoms in total. The Morgan fingerprint density at radius 1 is 0.395 bits per heavy atom. The summed E-state index contributed by atoms with van der Waals surface area (Å²) in [5.74, 6) is 0. The Bertz CT molecular complexity index is 1960. The average Bonchev–Trinajstić information content (AvgIpc) is 3.50. The summed E-state index contributed by atoms with van der Waals surface area (Å²) in [5, 5.41) is 9.65. The Kier molecular flexibility index (Phi) is 4.80. The molecule has 0 radical (unpaired) electrons. The van der Waals surface area contributed by atoms with Crippen molar-refractivity contribution in [3.05, 3.63) is 146 Å². The molecule has 178 valence electrons. The molecule has 8 aromatic rings. The Morgan fingerprint density at radius 3 is 1.79 bits per heavy atom. The molecule has 1 unspecified atom stereocenters. The monoisotopic (exact) mass is 501 g/mol. The Hall–Kier alpha value is -4.58. The van der Waals surface area contributed by atoms with Crippen LogP contribution in [0.1, 0.15) is 0 Å². The fraction of sp³-hybridized carbons (Fsp3) is 0. The van der Waals surface area contributed by atoms with Gasteiger partial charge in [0.05, 0.1) is 11.0 Å². The molecule has 2 heteroatoms. The van der Waals surface area contributed by atoms with E-state index in [0.717, 1.165) is 0 Å². The summed E-state index contributed by atoms with van der Waals surface area (Å²) in [6.45, 7) is 0. The van der Waals surface area contributed by atoms with Crippen LogP contribution in [0.5, 0.6) is 0 Å². The highest BCUT2D eigenvalue weighted by atomic mass is 31.1. The normalized spacial score (nSPS) is 12.2. The van der Waals surface area contributed by atoms with Gasteiger partial charge in [-0.25, -0.2) is 0 Å². The van der Waals surface area contributed by atoms with E-state index in [1.54, 1.807) is 0 Å². The Morgan fingerprint density at radius 2 is 0.974 bits per heavy atom. The van der Waals surface area contributed by atoms with Crippen molar-refractivity contribution in [3.63, 3.8) is 0 Å². The summed E-state index contributed by atoms with van der Waals surface area (Å²) in [4.78, 5) is 0. The molecule has 0 aliphatic carbocycles. The number of nitrogens with zero attached hydrogens (tertiary/aromatic N) is 1. The second-order valence-corrected chi connectivity index (χ2v) is 12.0. The minimum absolute atomic E-state index is 0.531. The predicted octanol–water partition coefficient (Wildman–Crippen LogP) is 10.7. The van der Waals surface area contributed by atoms with Crippen LogP contribution in [0.2, 0.25) is 0 Å². The van der Waals surface area contributed by atoms with Gasteiger partial charge in [-0.2, -0.15) is 0 Å². The molecule has 8 rings (SSSR count). The van der Waals surface area contributed by atoms with Gasteiger partial charge in [0.1, 0.15) is 0 Å². The van der Waals surface area contributed by atoms with E-state index in [-0.39, 0.29) is 0 Å². The third-order valence-corrected chi connectivity index (χ3v) is 10.3. The van der Waals surface area contributed by atoms with E-state index in [9.17, 15) is 0 Å². The molecule has 2 aromatic heterocycles. The molecule has 6 aromatic carbocycles. The molecule has 0 amide bonds. The SMILES string of the molecule is c1ccc(-n2c3ccccc3c3cc(-c4ccc5c(c4)c4ccccc4p5-c4ccccc4)ccc32)cc1. The van der Waals surface area contributed by atoms with Gasteiger partial charge in [0.25, 0.3) is 0 Å². The standard InChI is InChI=1S/C36H24NP/c1-3-11-27(12-4-1)37-33-17-9-7-15-29(33)31-23-25(19-21-34(31)37)26-20-22-36-32(24-26)30-16-8-10-18-35(30)38(36)28-13-5-2-6-14-28/h1-24H. The summed E-state index contributed by atoms with van der Waals surface area (Å²) in [6.07, 6.45) is 0. The van der Waals surface area contributed by atoms with Gasteiger partial charge >= 0.3 is 0 Å². The highest BCUT2D eigenvalue weighted by Gasteiger charge is 2.16. The van der Waals surface area contributed by atoms with Crippen molar-refractivity contribution >= 4 is 50.3 Å². The minimum atomic E-state index is -0.531. The van der Waals surface area contributed by atoms with Crippen LogP contribution in [-0.2, 0) is 0 Å². The zero-order valence-corrected chi connectivity index (χ0v) is 21.6. The lowest BCUT2D eigenvalue weighted by molar-refractivity contribution is 1.18. The number of aromatic nitrogens is 1. The van der Waals surface area contributed by atoms with E-state index in [1.807, 2.05) is 0 Å². The van der Waals surface area contributed by atoms with Crippen molar-refractivity contribution in [1.29, 1.82) is 0 Å². The fourth-order valence-electron chi connectivity index (χ4n) is 6.02. The van der Waals surface area contributed by atoms with Gasteiger partial charge < -0.3 is 4.57 Å². The Labute approximate surface area is 222 Å². The zero-order chi connectivity index (χ0) is 25.1. The summed E-state index contributed by atoms with van der Waals surface area (Å²) in [5.41, 5.74) is 6.18. The number of para-hydroxylation sites is 2. The largest absolute Gasteiger partial charge is 0.309 e. The van der Waals surface area contributed by atoms with Crippen molar-refractivity contribution in [2.75, 3.05) is 0 Å². The molecule has 1 atom stereocenters. The lowest BCUT2D eigenvalue weighted by Gasteiger charge is -2.08. The quantitative estimate of drug-likeness (QED) is 0.227. The second-order valence-electron chi connectivity index (χ2n) is 9.84. The number of hydrogen-bond donors (Lipinski definition) is 0. The molecule has 0 aliphatic heterocycles. The summed E-state index contributed by atoms with van der Waals surface area (Å²) in [7, 11) is -0.531. The molecule has 0 bridgehead atoms. The zero-order valence-electron chi connectivity index (χ0n) is 20.8. The lowest BCUT2D eigenvalue weighted by atomic mass is 10.0. The van der Waals surface area contributed by atoms with Crippen LogP contribution >= 0.6 is 7.53 Å². The summed E-state index contributed by atoms with van der Waals surface area (Å²) in [6, 6.07) is 53.4. The van der Waals surface area contributed by atoms with E-state index in [4.69, 9.17) is 0 Å². The van der Waals surface area contributed by atoms with Crippen LogP contribution in [0.3, 0.4) is 0 Å². The summed E-state index contributed by atoms with van der Waals surface area (Å²) < 4.78 is 2.38. The van der Waals surface area contributed by atoms with Crippen LogP contribution in [0.4, 0.5) is 0 Å². The molecule has 0 spiro atoms. The van der Waals surface area contributed by atoms with Gasteiger partial charge in [-0.05, 0) is 69.7 Å². The maximum atomic E-state index is 2.41. The van der Waals surface area contributed by atoms with Gasteiger partial charge in [-0.1, -0.05) is 111 Å². The van der Waals surface area contributed by atoms with Crippen molar-refractivity contribution in [3.8, 4) is 22.1 Å². The first-order chi connectivity index (χ1) is 18.9.